The van der Waals surface area contributed by atoms with Gasteiger partial charge in [0.15, 0.2) is 0 Å². The fraction of sp³-hybridized carbons (Fsp3) is 0.0714. The lowest BCUT2D eigenvalue weighted by atomic mass is 10.0. The summed E-state index contributed by atoms with van der Waals surface area (Å²) in [6.07, 6.45) is 0. The van der Waals surface area contributed by atoms with Crippen LogP contribution in [0.2, 0.25) is 5.02 Å². The summed E-state index contributed by atoms with van der Waals surface area (Å²) in [7, 11) is 1.62. The van der Waals surface area contributed by atoms with Gasteiger partial charge in [0.05, 0.1) is 0 Å². The Hall–Kier alpha value is -1.80. The van der Waals surface area contributed by atoms with E-state index in [1.54, 1.807) is 7.05 Å². The molecular formula is C14H12ClNO. The number of hydrogen-bond donors (Lipinski definition) is 1. The molecule has 1 amide bonds. The number of carbonyl (C=O) groups excluding carboxylic acids is 1. The van der Waals surface area contributed by atoms with Crippen molar-refractivity contribution < 1.29 is 4.79 Å². The highest BCUT2D eigenvalue weighted by Crippen LogP contribution is 2.21. The van der Waals surface area contributed by atoms with Gasteiger partial charge in [-0.05, 0) is 35.4 Å². The third kappa shape index (κ3) is 2.66. The van der Waals surface area contributed by atoms with Crippen molar-refractivity contribution in [2.45, 2.75) is 0 Å². The molecule has 0 aliphatic rings. The quantitative estimate of drug-likeness (QED) is 0.864. The molecule has 2 rings (SSSR count). The summed E-state index contributed by atoms with van der Waals surface area (Å²) in [5.74, 6) is -0.0762. The van der Waals surface area contributed by atoms with Gasteiger partial charge in [0, 0.05) is 17.6 Å². The van der Waals surface area contributed by atoms with Gasteiger partial charge in [-0.15, -0.1) is 0 Å². The van der Waals surface area contributed by atoms with Gasteiger partial charge in [-0.2, -0.15) is 0 Å². The number of amides is 1. The van der Waals surface area contributed by atoms with Crippen LogP contribution >= 0.6 is 11.6 Å². The van der Waals surface area contributed by atoms with E-state index in [-0.39, 0.29) is 5.91 Å². The zero-order chi connectivity index (χ0) is 12.3. The Kier molecular flexibility index (Phi) is 3.45. The van der Waals surface area contributed by atoms with Crippen LogP contribution in [0.4, 0.5) is 0 Å². The predicted octanol–water partition coefficient (Wildman–Crippen LogP) is 3.37. The minimum Gasteiger partial charge on any atom is -0.355 e. The van der Waals surface area contributed by atoms with Gasteiger partial charge >= 0.3 is 0 Å². The number of benzene rings is 2. The van der Waals surface area contributed by atoms with E-state index in [0.717, 1.165) is 16.1 Å². The molecule has 0 fully saturated rings. The van der Waals surface area contributed by atoms with Gasteiger partial charge < -0.3 is 5.32 Å². The molecule has 86 valence electrons. The molecule has 0 aliphatic heterocycles. The minimum atomic E-state index is -0.0762. The Balaban J connectivity index is 2.29. The zero-order valence-electron chi connectivity index (χ0n) is 9.41. The van der Waals surface area contributed by atoms with E-state index in [4.69, 9.17) is 11.6 Å². The van der Waals surface area contributed by atoms with Crippen molar-refractivity contribution in [2.75, 3.05) is 7.05 Å². The van der Waals surface area contributed by atoms with E-state index in [9.17, 15) is 4.79 Å². The normalized spacial score (nSPS) is 10.0. The Morgan fingerprint density at radius 3 is 1.88 bits per heavy atom. The third-order valence-corrected chi connectivity index (χ3v) is 2.80. The minimum absolute atomic E-state index is 0.0762. The molecule has 3 heteroatoms. The van der Waals surface area contributed by atoms with Crippen LogP contribution < -0.4 is 5.32 Å². The van der Waals surface area contributed by atoms with Gasteiger partial charge in [-0.3, -0.25) is 4.79 Å². The monoisotopic (exact) mass is 245 g/mol. The smallest absolute Gasteiger partial charge is 0.251 e. The second-order valence-corrected chi connectivity index (χ2v) is 4.10. The lowest BCUT2D eigenvalue weighted by Gasteiger charge is -2.04. The van der Waals surface area contributed by atoms with Crippen LogP contribution in [-0.2, 0) is 0 Å². The fourth-order valence-corrected chi connectivity index (χ4v) is 1.73. The lowest BCUT2D eigenvalue weighted by Crippen LogP contribution is -2.17. The van der Waals surface area contributed by atoms with E-state index in [1.807, 2.05) is 48.5 Å². The molecule has 1 N–H and O–H groups in total. The summed E-state index contributed by atoms with van der Waals surface area (Å²) in [5, 5.41) is 3.31. The van der Waals surface area contributed by atoms with Crippen molar-refractivity contribution in [3.05, 3.63) is 59.1 Å². The first kappa shape index (κ1) is 11.7. The predicted molar refractivity (Wildman–Crippen MR) is 70.3 cm³/mol. The van der Waals surface area contributed by atoms with Crippen LogP contribution in [0, 0.1) is 0 Å². The van der Waals surface area contributed by atoms with Crippen LogP contribution in [0.1, 0.15) is 10.4 Å². The molecule has 0 radical (unpaired) electrons. The van der Waals surface area contributed by atoms with Crippen LogP contribution in [-0.4, -0.2) is 13.0 Å². The number of nitrogens with one attached hydrogen (secondary N) is 1. The molecule has 17 heavy (non-hydrogen) atoms. The summed E-state index contributed by atoms with van der Waals surface area (Å²) in [4.78, 5) is 11.4. The van der Waals surface area contributed by atoms with Gasteiger partial charge in [0.1, 0.15) is 0 Å². The molecule has 0 unspecified atom stereocenters. The molecule has 0 saturated carbocycles. The number of rotatable bonds is 2. The summed E-state index contributed by atoms with van der Waals surface area (Å²) in [6.45, 7) is 0. The highest BCUT2D eigenvalue weighted by atomic mass is 35.5. The molecule has 2 aromatic rings. The number of carbonyl (C=O) groups is 1. The molecule has 0 aliphatic carbocycles. The van der Waals surface area contributed by atoms with Gasteiger partial charge in [-0.1, -0.05) is 35.9 Å². The number of halogens is 1. The fourth-order valence-electron chi connectivity index (χ4n) is 1.60. The van der Waals surface area contributed by atoms with Crippen LogP contribution in [0.15, 0.2) is 48.5 Å². The van der Waals surface area contributed by atoms with E-state index in [2.05, 4.69) is 5.32 Å². The highest BCUT2D eigenvalue weighted by Gasteiger charge is 2.03. The molecule has 0 spiro atoms. The van der Waals surface area contributed by atoms with Gasteiger partial charge in [0.2, 0.25) is 0 Å². The molecule has 0 aromatic heterocycles. The molecule has 2 aromatic carbocycles. The maximum absolute atomic E-state index is 11.4. The largest absolute Gasteiger partial charge is 0.355 e. The van der Waals surface area contributed by atoms with Crippen molar-refractivity contribution in [1.29, 1.82) is 0 Å². The first-order chi connectivity index (χ1) is 8.20. The number of hydrogen-bond acceptors (Lipinski definition) is 1. The lowest BCUT2D eigenvalue weighted by molar-refractivity contribution is 0.0963. The maximum Gasteiger partial charge on any atom is 0.251 e. The van der Waals surface area contributed by atoms with E-state index < -0.39 is 0 Å². The highest BCUT2D eigenvalue weighted by molar-refractivity contribution is 6.30. The van der Waals surface area contributed by atoms with Crippen molar-refractivity contribution in [2.24, 2.45) is 0 Å². The second-order valence-electron chi connectivity index (χ2n) is 3.66. The summed E-state index contributed by atoms with van der Waals surface area (Å²) in [5.41, 5.74) is 2.80. The average molecular weight is 246 g/mol. The van der Waals surface area contributed by atoms with Gasteiger partial charge in [0.25, 0.3) is 5.91 Å². The van der Waals surface area contributed by atoms with Crippen LogP contribution in [0.5, 0.6) is 0 Å². The van der Waals surface area contributed by atoms with Crippen molar-refractivity contribution in [3.63, 3.8) is 0 Å². The average Bonchev–Trinajstić information content (AvgIpc) is 2.39. The van der Waals surface area contributed by atoms with Crippen molar-refractivity contribution in [3.8, 4) is 11.1 Å². The Labute approximate surface area is 105 Å². The molecular weight excluding hydrogens is 234 g/mol. The Morgan fingerprint density at radius 2 is 1.41 bits per heavy atom. The maximum atomic E-state index is 11.4. The van der Waals surface area contributed by atoms with Crippen molar-refractivity contribution in [1.82, 2.24) is 5.32 Å². The Morgan fingerprint density at radius 1 is 0.941 bits per heavy atom. The third-order valence-electron chi connectivity index (χ3n) is 2.55. The topological polar surface area (TPSA) is 29.1 Å². The van der Waals surface area contributed by atoms with Crippen molar-refractivity contribution >= 4 is 17.5 Å². The Bertz CT molecular complexity index is 517. The summed E-state index contributed by atoms with van der Waals surface area (Å²) < 4.78 is 0. The first-order valence-corrected chi connectivity index (χ1v) is 5.66. The van der Waals surface area contributed by atoms with E-state index >= 15 is 0 Å². The van der Waals surface area contributed by atoms with Crippen LogP contribution in [0.3, 0.4) is 0 Å². The molecule has 0 atom stereocenters. The molecule has 0 saturated heterocycles. The zero-order valence-corrected chi connectivity index (χ0v) is 10.2. The first-order valence-electron chi connectivity index (χ1n) is 5.29. The summed E-state index contributed by atoms with van der Waals surface area (Å²) >= 11 is 5.83. The molecule has 0 bridgehead atoms. The standard InChI is InChI=1S/C14H12ClNO/c1-16-14(17)12-4-2-10(3-5-12)11-6-8-13(15)9-7-11/h2-9H,1H3,(H,16,17). The second kappa shape index (κ2) is 5.02. The van der Waals surface area contributed by atoms with Crippen LogP contribution in [0.25, 0.3) is 11.1 Å². The SMILES string of the molecule is CNC(=O)c1ccc(-c2ccc(Cl)cc2)cc1. The summed E-state index contributed by atoms with van der Waals surface area (Å²) in [6, 6.07) is 15.1. The van der Waals surface area contributed by atoms with E-state index in [0.29, 0.717) is 5.56 Å². The molecule has 0 heterocycles. The molecule has 2 nitrogen and oxygen atoms in total. The van der Waals surface area contributed by atoms with Gasteiger partial charge in [-0.25, -0.2) is 0 Å². The van der Waals surface area contributed by atoms with E-state index in [1.165, 1.54) is 0 Å².